The summed E-state index contributed by atoms with van der Waals surface area (Å²) in [4.78, 5) is 20.8. The lowest BCUT2D eigenvalue weighted by Gasteiger charge is -2.47. The van der Waals surface area contributed by atoms with Crippen molar-refractivity contribution >= 4 is 16.5 Å². The van der Waals surface area contributed by atoms with Crippen molar-refractivity contribution in [1.82, 2.24) is 14.5 Å². The Morgan fingerprint density at radius 2 is 2.10 bits per heavy atom. The van der Waals surface area contributed by atoms with Gasteiger partial charge in [-0.2, -0.15) is 0 Å². The molecule has 3 atom stereocenters. The van der Waals surface area contributed by atoms with Crippen molar-refractivity contribution in [3.8, 4) is 5.75 Å². The number of benzene rings is 1. The summed E-state index contributed by atoms with van der Waals surface area (Å²) < 4.78 is 7.48. The van der Waals surface area contributed by atoms with Gasteiger partial charge in [-0.05, 0) is 42.5 Å². The summed E-state index contributed by atoms with van der Waals surface area (Å²) in [5, 5.41) is 0.620. The standard InChI is InChI=1S/C23H26N4O2S/c1-29-18-5-2-4-15(8-18)9-21-17-10-16(20-6-3-7-22(28)27(20)21)12-26(13-17)14-19-11-25-23(24)30-19/h2-8,11,16-17,21H,9-10,12-14H2,1H3,(H2,24,25)/t16-,17+,21+/m1/s1. The van der Waals surface area contributed by atoms with Crippen LogP contribution in [0.15, 0.2) is 53.5 Å². The van der Waals surface area contributed by atoms with E-state index in [-0.39, 0.29) is 11.6 Å². The maximum absolute atomic E-state index is 12.9. The zero-order valence-electron chi connectivity index (χ0n) is 17.0. The van der Waals surface area contributed by atoms with Crippen LogP contribution < -0.4 is 16.0 Å². The Balaban J connectivity index is 1.48. The Hall–Kier alpha value is -2.64. The molecule has 4 heterocycles. The molecule has 5 rings (SSSR count). The monoisotopic (exact) mass is 422 g/mol. The molecule has 1 saturated heterocycles. The van der Waals surface area contributed by atoms with E-state index in [2.05, 4.69) is 32.7 Å². The Morgan fingerprint density at radius 3 is 2.90 bits per heavy atom. The molecule has 0 amide bonds. The SMILES string of the molecule is COc1cccc(C[C@H]2[C@H]3C[C@H](CN(Cc4cnc(N)s4)C3)c3cccc(=O)n32)c1. The number of likely N-dealkylation sites (tertiary alicyclic amines) is 1. The average molecular weight is 423 g/mol. The number of anilines is 1. The zero-order chi connectivity index (χ0) is 20.7. The second-order valence-corrected chi connectivity index (χ2v) is 9.48. The predicted molar refractivity (Wildman–Crippen MR) is 119 cm³/mol. The number of ether oxygens (including phenoxy) is 1. The number of aromatic nitrogens is 2. The van der Waals surface area contributed by atoms with Gasteiger partial charge in [0.25, 0.3) is 5.56 Å². The van der Waals surface area contributed by atoms with E-state index in [1.165, 1.54) is 16.1 Å². The molecule has 0 aliphatic carbocycles. The molecule has 0 radical (unpaired) electrons. The summed E-state index contributed by atoms with van der Waals surface area (Å²) in [6.45, 7) is 2.80. The number of pyridine rings is 1. The van der Waals surface area contributed by atoms with Crippen LogP contribution in [-0.4, -0.2) is 34.7 Å². The van der Waals surface area contributed by atoms with Crippen LogP contribution in [-0.2, 0) is 13.0 Å². The summed E-state index contributed by atoms with van der Waals surface area (Å²) in [5.74, 6) is 1.66. The van der Waals surface area contributed by atoms with Gasteiger partial charge in [0, 0.05) is 54.4 Å². The van der Waals surface area contributed by atoms with Gasteiger partial charge in [0.1, 0.15) is 5.75 Å². The molecule has 2 N–H and O–H groups in total. The molecule has 0 unspecified atom stereocenters. The molecule has 2 aliphatic rings. The van der Waals surface area contributed by atoms with Gasteiger partial charge in [-0.25, -0.2) is 4.98 Å². The van der Waals surface area contributed by atoms with E-state index in [9.17, 15) is 4.79 Å². The highest BCUT2D eigenvalue weighted by Gasteiger charge is 2.40. The fourth-order valence-electron chi connectivity index (χ4n) is 5.18. The third-order valence-corrected chi connectivity index (χ3v) is 7.22. The Kier molecular flexibility index (Phi) is 5.08. The van der Waals surface area contributed by atoms with E-state index < -0.39 is 0 Å². The molecule has 30 heavy (non-hydrogen) atoms. The maximum atomic E-state index is 12.9. The number of nitrogens with zero attached hydrogens (tertiary/aromatic N) is 3. The van der Waals surface area contributed by atoms with Crippen molar-refractivity contribution in [1.29, 1.82) is 0 Å². The maximum Gasteiger partial charge on any atom is 0.251 e. The van der Waals surface area contributed by atoms with Gasteiger partial charge in [-0.15, -0.1) is 11.3 Å². The van der Waals surface area contributed by atoms with E-state index in [1.807, 2.05) is 24.4 Å². The van der Waals surface area contributed by atoms with E-state index in [0.717, 1.165) is 38.2 Å². The van der Waals surface area contributed by atoms with Crippen molar-refractivity contribution in [2.75, 3.05) is 25.9 Å². The molecule has 0 saturated carbocycles. The molecule has 1 fully saturated rings. The fourth-order valence-corrected chi connectivity index (χ4v) is 5.91. The number of piperidine rings is 1. The van der Waals surface area contributed by atoms with Crippen molar-refractivity contribution in [3.63, 3.8) is 0 Å². The molecule has 3 aromatic rings. The highest BCUT2D eigenvalue weighted by atomic mass is 32.1. The number of nitrogen functional groups attached to an aromatic ring is 1. The van der Waals surface area contributed by atoms with Crippen LogP contribution in [0.3, 0.4) is 0 Å². The predicted octanol–water partition coefficient (Wildman–Crippen LogP) is 3.30. The molecule has 2 bridgehead atoms. The van der Waals surface area contributed by atoms with E-state index in [4.69, 9.17) is 10.5 Å². The number of rotatable bonds is 5. The van der Waals surface area contributed by atoms with Gasteiger partial charge in [0.15, 0.2) is 5.13 Å². The Morgan fingerprint density at radius 1 is 1.23 bits per heavy atom. The summed E-state index contributed by atoms with van der Waals surface area (Å²) in [6, 6.07) is 14.1. The van der Waals surface area contributed by atoms with Crippen LogP contribution in [0.1, 0.15) is 34.5 Å². The minimum absolute atomic E-state index is 0.110. The molecule has 6 nitrogen and oxygen atoms in total. The summed E-state index contributed by atoms with van der Waals surface area (Å²) in [5.41, 5.74) is 8.31. The smallest absolute Gasteiger partial charge is 0.251 e. The molecule has 0 spiro atoms. The van der Waals surface area contributed by atoms with Gasteiger partial charge >= 0.3 is 0 Å². The van der Waals surface area contributed by atoms with E-state index in [1.54, 1.807) is 24.5 Å². The van der Waals surface area contributed by atoms with Gasteiger partial charge in [-0.1, -0.05) is 18.2 Å². The second kappa shape index (κ2) is 7.89. The fraction of sp³-hybridized carbons (Fsp3) is 0.391. The number of fused-ring (bicyclic) bond motifs is 4. The molecular weight excluding hydrogens is 396 g/mol. The third-order valence-electron chi connectivity index (χ3n) is 6.40. The van der Waals surface area contributed by atoms with Crippen molar-refractivity contribution in [3.05, 3.63) is 75.1 Å². The number of methoxy groups -OCH3 is 1. The van der Waals surface area contributed by atoms with Crippen molar-refractivity contribution < 1.29 is 4.74 Å². The topological polar surface area (TPSA) is 73.4 Å². The molecule has 156 valence electrons. The summed E-state index contributed by atoms with van der Waals surface area (Å²) in [7, 11) is 1.69. The first-order chi connectivity index (χ1) is 14.6. The number of hydrogen-bond acceptors (Lipinski definition) is 6. The zero-order valence-corrected chi connectivity index (χ0v) is 17.8. The summed E-state index contributed by atoms with van der Waals surface area (Å²) in [6.07, 6.45) is 3.84. The number of thiazole rings is 1. The highest BCUT2D eigenvalue weighted by Crippen LogP contribution is 2.43. The van der Waals surface area contributed by atoms with E-state index >= 15 is 0 Å². The Bertz CT molecular complexity index is 1110. The minimum Gasteiger partial charge on any atom is -0.497 e. The van der Waals surface area contributed by atoms with Gasteiger partial charge in [-0.3, -0.25) is 9.69 Å². The van der Waals surface area contributed by atoms with Crippen LogP contribution in [0.25, 0.3) is 0 Å². The minimum atomic E-state index is 0.110. The highest BCUT2D eigenvalue weighted by molar-refractivity contribution is 7.15. The van der Waals surface area contributed by atoms with Gasteiger partial charge in [0.05, 0.1) is 7.11 Å². The molecule has 1 aromatic carbocycles. The first-order valence-corrected chi connectivity index (χ1v) is 11.2. The normalized spacial score (nSPS) is 23.2. The molecule has 2 aliphatic heterocycles. The lowest BCUT2D eigenvalue weighted by molar-refractivity contribution is 0.0860. The molecule has 7 heteroatoms. The number of hydrogen-bond donors (Lipinski definition) is 1. The van der Waals surface area contributed by atoms with E-state index in [0.29, 0.717) is 17.0 Å². The lowest BCUT2D eigenvalue weighted by atomic mass is 9.76. The van der Waals surface area contributed by atoms with Crippen LogP contribution in [0.4, 0.5) is 5.13 Å². The van der Waals surface area contributed by atoms with Crippen LogP contribution in [0.5, 0.6) is 5.75 Å². The number of nitrogens with two attached hydrogens (primary N) is 1. The van der Waals surface area contributed by atoms with Crippen LogP contribution >= 0.6 is 11.3 Å². The van der Waals surface area contributed by atoms with Gasteiger partial charge in [0.2, 0.25) is 0 Å². The second-order valence-electron chi connectivity index (χ2n) is 8.33. The van der Waals surface area contributed by atoms with Gasteiger partial charge < -0.3 is 15.0 Å². The molecule has 2 aromatic heterocycles. The third kappa shape index (κ3) is 3.63. The van der Waals surface area contributed by atoms with Crippen LogP contribution in [0.2, 0.25) is 0 Å². The summed E-state index contributed by atoms with van der Waals surface area (Å²) >= 11 is 1.56. The molecular formula is C23H26N4O2S. The van der Waals surface area contributed by atoms with Crippen LogP contribution in [0, 0.1) is 5.92 Å². The largest absolute Gasteiger partial charge is 0.497 e. The first-order valence-electron chi connectivity index (χ1n) is 10.4. The van der Waals surface area contributed by atoms with Crippen molar-refractivity contribution in [2.45, 2.75) is 31.3 Å². The van der Waals surface area contributed by atoms with Crippen molar-refractivity contribution in [2.24, 2.45) is 5.92 Å². The quantitative estimate of drug-likeness (QED) is 0.683. The Labute approximate surface area is 179 Å². The lowest BCUT2D eigenvalue weighted by Crippen LogP contribution is -2.49. The average Bonchev–Trinajstić information content (AvgIpc) is 3.16. The first kappa shape index (κ1) is 19.3.